The molecular weight excluding hydrogens is 256 g/mol. The third-order valence-corrected chi connectivity index (χ3v) is 10.2. The highest BCUT2D eigenvalue weighted by Crippen LogP contribution is 2.37. The molecule has 0 unspecified atom stereocenters. The normalized spacial score (nSPS) is 12.7. The predicted molar refractivity (Wildman–Crippen MR) is 91.9 cm³/mol. The van der Waals surface area contributed by atoms with Crippen molar-refractivity contribution in [3.8, 4) is 0 Å². The van der Waals surface area contributed by atoms with E-state index in [9.17, 15) is 0 Å². The van der Waals surface area contributed by atoms with Crippen LogP contribution >= 0.6 is 0 Å². The Morgan fingerprint density at radius 1 is 0.600 bits per heavy atom. The van der Waals surface area contributed by atoms with Crippen LogP contribution in [0, 0.1) is 0 Å². The van der Waals surface area contributed by atoms with Crippen LogP contribution in [0.3, 0.4) is 0 Å². The van der Waals surface area contributed by atoms with Crippen molar-refractivity contribution in [1.82, 2.24) is 0 Å². The van der Waals surface area contributed by atoms with E-state index >= 15 is 0 Å². The van der Waals surface area contributed by atoms with Crippen LogP contribution in [0.15, 0.2) is 60.7 Å². The van der Waals surface area contributed by atoms with E-state index in [1.54, 1.807) is 0 Å². The Morgan fingerprint density at radius 3 is 1.20 bits per heavy atom. The number of hydrogen-bond acceptors (Lipinski definition) is 0. The van der Waals surface area contributed by atoms with E-state index in [0.717, 1.165) is 0 Å². The molecular formula is C19H26Si. The highest BCUT2D eigenvalue weighted by atomic mass is 28.3. The summed E-state index contributed by atoms with van der Waals surface area (Å²) in [5.41, 5.74) is 2.95. The molecule has 0 N–H and O–H groups in total. The Kier molecular flexibility index (Phi) is 4.19. The van der Waals surface area contributed by atoms with E-state index in [1.807, 2.05) is 0 Å². The molecule has 0 nitrogen and oxygen atoms in total. The summed E-state index contributed by atoms with van der Waals surface area (Å²) >= 11 is 0. The maximum absolute atomic E-state index is 2.51. The van der Waals surface area contributed by atoms with Crippen LogP contribution in [0.25, 0.3) is 0 Å². The molecule has 0 aliphatic heterocycles. The first-order valence-electron chi connectivity index (χ1n) is 7.48. The van der Waals surface area contributed by atoms with Gasteiger partial charge >= 0.3 is 0 Å². The highest BCUT2D eigenvalue weighted by molar-refractivity contribution is 6.64. The minimum atomic E-state index is -1.07. The summed E-state index contributed by atoms with van der Waals surface area (Å²) in [5, 5.41) is 0.557. The lowest BCUT2D eigenvalue weighted by molar-refractivity contribution is 0.641. The van der Waals surface area contributed by atoms with E-state index in [-0.39, 0.29) is 10.1 Å². The zero-order valence-electron chi connectivity index (χ0n) is 13.4. The van der Waals surface area contributed by atoms with Crippen LogP contribution in [0.4, 0.5) is 0 Å². The Balaban J connectivity index is 2.37. The maximum atomic E-state index is 2.51. The number of hydrogen-bond donors (Lipinski definition) is 0. The summed E-state index contributed by atoms with van der Waals surface area (Å²) in [4.78, 5) is 0. The van der Waals surface area contributed by atoms with Gasteiger partial charge in [0.1, 0.15) is 0 Å². The Bertz CT molecular complexity index is 489. The van der Waals surface area contributed by atoms with Crippen LogP contribution in [-0.4, -0.2) is 8.80 Å². The monoisotopic (exact) mass is 282 g/mol. The Labute approximate surface area is 125 Å². The molecule has 20 heavy (non-hydrogen) atoms. The average molecular weight is 283 g/mol. The summed E-state index contributed by atoms with van der Waals surface area (Å²) in [6.07, 6.45) is 0. The maximum Gasteiger partial charge on any atom is 0.0560 e. The van der Waals surface area contributed by atoms with Crippen molar-refractivity contribution >= 4 is 8.80 Å². The molecule has 2 rings (SSSR count). The molecule has 0 bridgehead atoms. The van der Waals surface area contributed by atoms with Crippen LogP contribution in [0.2, 0.25) is 6.55 Å². The van der Waals surface area contributed by atoms with Gasteiger partial charge < -0.3 is 0 Å². The molecule has 1 heteroatoms. The van der Waals surface area contributed by atoms with Crippen molar-refractivity contribution in [3.63, 3.8) is 0 Å². The lowest BCUT2D eigenvalue weighted by Crippen LogP contribution is -2.49. The molecule has 0 atom stereocenters. The molecule has 0 spiro atoms. The smallest absolute Gasteiger partial charge is 0.0560 e. The second kappa shape index (κ2) is 5.57. The molecule has 106 valence electrons. The summed E-state index contributed by atoms with van der Waals surface area (Å²) in [6.45, 7) is 12.2. The summed E-state index contributed by atoms with van der Waals surface area (Å²) in [7, 11) is -1.07. The van der Waals surface area contributed by atoms with Gasteiger partial charge in [-0.2, -0.15) is 0 Å². The zero-order chi connectivity index (χ0) is 14.8. The molecule has 0 aliphatic rings. The zero-order valence-corrected chi connectivity index (χ0v) is 14.5. The Hall–Kier alpha value is -1.34. The molecule has 2 aromatic carbocycles. The van der Waals surface area contributed by atoms with Crippen LogP contribution in [-0.2, 0) is 10.1 Å². The van der Waals surface area contributed by atoms with Gasteiger partial charge in [-0.25, -0.2) is 0 Å². The first kappa shape index (κ1) is 15.1. The van der Waals surface area contributed by atoms with E-state index < -0.39 is 8.80 Å². The van der Waals surface area contributed by atoms with Gasteiger partial charge in [-0.1, -0.05) is 94.9 Å². The van der Waals surface area contributed by atoms with Gasteiger partial charge in [0.2, 0.25) is 0 Å². The molecule has 0 fully saturated rings. The average Bonchev–Trinajstić information content (AvgIpc) is 2.48. The van der Waals surface area contributed by atoms with Gasteiger partial charge in [-0.15, -0.1) is 0 Å². The number of benzene rings is 2. The van der Waals surface area contributed by atoms with Crippen molar-refractivity contribution in [1.29, 1.82) is 0 Å². The van der Waals surface area contributed by atoms with Crippen LogP contribution in [0.5, 0.6) is 0 Å². The predicted octanol–water partition coefficient (Wildman–Crippen LogP) is 4.88. The lowest BCUT2D eigenvalue weighted by atomic mass is 10.0. The van der Waals surface area contributed by atoms with E-state index in [4.69, 9.17) is 0 Å². The van der Waals surface area contributed by atoms with Crippen molar-refractivity contribution in [2.24, 2.45) is 0 Å². The molecule has 0 heterocycles. The van der Waals surface area contributed by atoms with Crippen LogP contribution < -0.4 is 0 Å². The molecule has 0 radical (unpaired) electrons. The standard InChI is InChI=1S/C19H26Si/c1-18(2,16-12-8-6-9-13-16)20(5)19(3,4)17-14-10-7-11-15-17/h6-15,20H,1-5H3. The molecule has 0 aliphatic carbocycles. The molecule has 0 aromatic heterocycles. The third kappa shape index (κ3) is 2.73. The highest BCUT2D eigenvalue weighted by Gasteiger charge is 2.40. The SMILES string of the molecule is C[SiH](C(C)(C)c1ccccc1)C(C)(C)c1ccccc1. The van der Waals surface area contributed by atoms with E-state index in [2.05, 4.69) is 94.9 Å². The number of rotatable bonds is 4. The van der Waals surface area contributed by atoms with Crippen molar-refractivity contribution in [2.45, 2.75) is 44.3 Å². The van der Waals surface area contributed by atoms with Crippen LogP contribution in [0.1, 0.15) is 38.8 Å². The summed E-state index contributed by atoms with van der Waals surface area (Å²) in [5.74, 6) is 0. The largest absolute Gasteiger partial charge is 0.0706 e. The second-order valence-electron chi connectivity index (χ2n) is 6.90. The minimum Gasteiger partial charge on any atom is -0.0706 e. The Morgan fingerprint density at radius 2 is 0.900 bits per heavy atom. The van der Waals surface area contributed by atoms with E-state index in [0.29, 0.717) is 0 Å². The topological polar surface area (TPSA) is 0 Å². The molecule has 0 saturated carbocycles. The summed E-state index contributed by atoms with van der Waals surface area (Å²) in [6, 6.07) is 22.0. The van der Waals surface area contributed by atoms with Gasteiger partial charge in [0.05, 0.1) is 8.80 Å². The van der Waals surface area contributed by atoms with Gasteiger partial charge in [-0.3, -0.25) is 0 Å². The second-order valence-corrected chi connectivity index (χ2v) is 11.2. The third-order valence-electron chi connectivity index (χ3n) is 5.20. The first-order valence-corrected chi connectivity index (χ1v) is 9.79. The molecule has 0 saturated heterocycles. The fourth-order valence-corrected chi connectivity index (χ4v) is 6.33. The lowest BCUT2D eigenvalue weighted by Gasteiger charge is -2.42. The molecule has 0 amide bonds. The van der Waals surface area contributed by atoms with Crippen molar-refractivity contribution < 1.29 is 0 Å². The van der Waals surface area contributed by atoms with E-state index in [1.165, 1.54) is 11.1 Å². The van der Waals surface area contributed by atoms with Gasteiger partial charge in [-0.05, 0) is 21.2 Å². The fraction of sp³-hybridized carbons (Fsp3) is 0.368. The first-order chi connectivity index (χ1) is 9.37. The quantitative estimate of drug-likeness (QED) is 0.701. The van der Waals surface area contributed by atoms with Crippen molar-refractivity contribution in [2.75, 3.05) is 0 Å². The minimum absolute atomic E-state index is 0.278. The van der Waals surface area contributed by atoms with Gasteiger partial charge in [0.25, 0.3) is 0 Å². The fourth-order valence-electron chi connectivity index (χ4n) is 3.14. The molecule has 2 aromatic rings. The van der Waals surface area contributed by atoms with Gasteiger partial charge in [0.15, 0.2) is 0 Å². The van der Waals surface area contributed by atoms with Gasteiger partial charge in [0, 0.05) is 0 Å². The van der Waals surface area contributed by atoms with Crippen molar-refractivity contribution in [3.05, 3.63) is 71.8 Å². The summed E-state index contributed by atoms with van der Waals surface area (Å²) < 4.78 is 0.